The number of aryl methyl sites for hydroxylation is 2. The standard InChI is InChI=1S/C11H12N2O3S/c1-3-4-13-5-7(11(15)16)9(14)8-6(2)12-17-10(8)13/h5H,3-4H2,1-2H3,(H,15,16). The van der Waals surface area contributed by atoms with Gasteiger partial charge in [-0.15, -0.1) is 0 Å². The zero-order valence-electron chi connectivity index (χ0n) is 9.56. The van der Waals surface area contributed by atoms with Crippen molar-refractivity contribution in [1.29, 1.82) is 0 Å². The van der Waals surface area contributed by atoms with Crippen molar-refractivity contribution in [2.45, 2.75) is 26.8 Å². The first kappa shape index (κ1) is 11.8. The number of carboxylic acids is 1. The van der Waals surface area contributed by atoms with Crippen molar-refractivity contribution < 1.29 is 9.90 Å². The summed E-state index contributed by atoms with van der Waals surface area (Å²) >= 11 is 1.24. The molecule has 0 amide bonds. The molecule has 2 aromatic heterocycles. The van der Waals surface area contributed by atoms with Crippen LogP contribution in [-0.2, 0) is 6.54 Å². The molecule has 2 heterocycles. The maximum absolute atomic E-state index is 12.0. The molecule has 0 unspecified atom stereocenters. The number of pyridine rings is 1. The molecule has 0 saturated heterocycles. The average Bonchev–Trinajstić information content (AvgIpc) is 2.65. The van der Waals surface area contributed by atoms with E-state index in [0.717, 1.165) is 11.3 Å². The Hall–Kier alpha value is -1.69. The summed E-state index contributed by atoms with van der Waals surface area (Å²) in [6, 6.07) is 0. The second-order valence-corrected chi connectivity index (χ2v) is 4.57. The summed E-state index contributed by atoms with van der Waals surface area (Å²) in [5.74, 6) is -1.19. The fourth-order valence-electron chi connectivity index (χ4n) is 1.78. The highest BCUT2D eigenvalue weighted by Crippen LogP contribution is 2.20. The van der Waals surface area contributed by atoms with Gasteiger partial charge in [-0.3, -0.25) is 4.79 Å². The van der Waals surface area contributed by atoms with Crippen LogP contribution in [-0.4, -0.2) is 20.0 Å². The van der Waals surface area contributed by atoms with E-state index in [-0.39, 0.29) is 5.56 Å². The monoisotopic (exact) mass is 252 g/mol. The summed E-state index contributed by atoms with van der Waals surface area (Å²) in [5, 5.41) is 9.45. The van der Waals surface area contributed by atoms with Crippen LogP contribution in [0.5, 0.6) is 0 Å². The minimum atomic E-state index is -1.19. The number of fused-ring (bicyclic) bond motifs is 1. The second-order valence-electron chi connectivity index (χ2n) is 3.82. The minimum absolute atomic E-state index is 0.186. The van der Waals surface area contributed by atoms with E-state index in [4.69, 9.17) is 5.11 Å². The quantitative estimate of drug-likeness (QED) is 0.905. The fourth-order valence-corrected chi connectivity index (χ4v) is 2.68. The molecule has 0 aliphatic carbocycles. The number of aromatic nitrogens is 2. The number of rotatable bonds is 3. The molecule has 6 heteroatoms. The van der Waals surface area contributed by atoms with Crippen LogP contribution in [0.3, 0.4) is 0 Å². The number of carboxylic acid groups (broad SMARTS) is 1. The van der Waals surface area contributed by atoms with E-state index in [2.05, 4.69) is 4.37 Å². The van der Waals surface area contributed by atoms with E-state index in [9.17, 15) is 9.59 Å². The smallest absolute Gasteiger partial charge is 0.341 e. The number of hydrogen-bond acceptors (Lipinski definition) is 4. The van der Waals surface area contributed by atoms with E-state index in [0.29, 0.717) is 17.6 Å². The third kappa shape index (κ3) is 1.84. The Morgan fingerprint density at radius 1 is 1.59 bits per heavy atom. The van der Waals surface area contributed by atoms with Crippen molar-refractivity contribution in [3.8, 4) is 0 Å². The van der Waals surface area contributed by atoms with Crippen LogP contribution in [0.4, 0.5) is 0 Å². The van der Waals surface area contributed by atoms with Gasteiger partial charge in [0.05, 0.1) is 11.1 Å². The van der Waals surface area contributed by atoms with Gasteiger partial charge in [0.25, 0.3) is 0 Å². The number of carbonyl (C=O) groups is 1. The number of hydrogen-bond donors (Lipinski definition) is 1. The Morgan fingerprint density at radius 2 is 2.29 bits per heavy atom. The summed E-state index contributed by atoms with van der Waals surface area (Å²) in [4.78, 5) is 23.8. The van der Waals surface area contributed by atoms with Crippen LogP contribution in [0.2, 0.25) is 0 Å². The zero-order valence-corrected chi connectivity index (χ0v) is 10.4. The molecule has 2 rings (SSSR count). The van der Waals surface area contributed by atoms with E-state index >= 15 is 0 Å². The molecule has 0 fully saturated rings. The van der Waals surface area contributed by atoms with Gasteiger partial charge in [0.2, 0.25) is 5.43 Å². The van der Waals surface area contributed by atoms with Crippen molar-refractivity contribution in [3.05, 3.63) is 27.7 Å². The molecule has 0 saturated carbocycles. The van der Waals surface area contributed by atoms with Crippen LogP contribution in [0.1, 0.15) is 29.4 Å². The van der Waals surface area contributed by atoms with Crippen LogP contribution >= 0.6 is 11.5 Å². The van der Waals surface area contributed by atoms with Gasteiger partial charge in [0.15, 0.2) is 0 Å². The molecular formula is C11H12N2O3S. The molecule has 5 nitrogen and oxygen atoms in total. The Balaban J connectivity index is 2.87. The molecule has 17 heavy (non-hydrogen) atoms. The third-order valence-electron chi connectivity index (χ3n) is 2.56. The lowest BCUT2D eigenvalue weighted by Gasteiger charge is -2.07. The SMILES string of the molecule is CCCn1cc(C(=O)O)c(=O)c2c(C)nsc21. The fraction of sp³-hybridized carbons (Fsp3) is 0.364. The first-order valence-electron chi connectivity index (χ1n) is 5.29. The first-order valence-corrected chi connectivity index (χ1v) is 6.06. The van der Waals surface area contributed by atoms with E-state index in [1.807, 2.05) is 6.92 Å². The summed E-state index contributed by atoms with van der Waals surface area (Å²) in [7, 11) is 0. The molecule has 0 aromatic carbocycles. The van der Waals surface area contributed by atoms with Crippen molar-refractivity contribution in [2.75, 3.05) is 0 Å². The molecule has 90 valence electrons. The van der Waals surface area contributed by atoms with Crippen LogP contribution < -0.4 is 5.43 Å². The summed E-state index contributed by atoms with van der Waals surface area (Å²) < 4.78 is 5.92. The van der Waals surface area contributed by atoms with Gasteiger partial charge in [0, 0.05) is 12.7 Å². The molecule has 1 N–H and O–H groups in total. The molecule has 0 aliphatic heterocycles. The molecule has 0 radical (unpaired) electrons. The second kappa shape index (κ2) is 4.29. The summed E-state index contributed by atoms with van der Waals surface area (Å²) in [6.45, 7) is 4.40. The topological polar surface area (TPSA) is 72.2 Å². The maximum Gasteiger partial charge on any atom is 0.341 e. The van der Waals surface area contributed by atoms with Crippen LogP contribution in [0.25, 0.3) is 10.2 Å². The van der Waals surface area contributed by atoms with E-state index < -0.39 is 11.4 Å². The van der Waals surface area contributed by atoms with Gasteiger partial charge in [-0.05, 0) is 24.9 Å². The molecular weight excluding hydrogens is 240 g/mol. The van der Waals surface area contributed by atoms with Crippen LogP contribution in [0.15, 0.2) is 11.0 Å². The minimum Gasteiger partial charge on any atom is -0.477 e. The van der Waals surface area contributed by atoms with Gasteiger partial charge in [-0.25, -0.2) is 4.79 Å². The molecule has 2 aromatic rings. The molecule has 0 bridgehead atoms. The average molecular weight is 252 g/mol. The van der Waals surface area contributed by atoms with Crippen molar-refractivity contribution in [1.82, 2.24) is 8.94 Å². The first-order chi connectivity index (χ1) is 8.06. The van der Waals surface area contributed by atoms with Crippen LogP contribution in [0, 0.1) is 6.92 Å². The summed E-state index contributed by atoms with van der Waals surface area (Å²) in [5.41, 5.74) is -0.0247. The zero-order chi connectivity index (χ0) is 12.6. The lowest BCUT2D eigenvalue weighted by atomic mass is 10.2. The van der Waals surface area contributed by atoms with E-state index in [1.165, 1.54) is 17.7 Å². The Kier molecular flexibility index (Phi) is 2.97. The summed E-state index contributed by atoms with van der Waals surface area (Å²) in [6.07, 6.45) is 2.28. The predicted molar refractivity (Wildman–Crippen MR) is 65.9 cm³/mol. The number of aromatic carboxylic acids is 1. The van der Waals surface area contributed by atoms with Crippen molar-refractivity contribution >= 4 is 27.7 Å². The lowest BCUT2D eigenvalue weighted by Crippen LogP contribution is -2.18. The number of nitrogens with zero attached hydrogens (tertiary/aromatic N) is 2. The Labute approximate surface area is 101 Å². The van der Waals surface area contributed by atoms with Gasteiger partial charge in [-0.1, -0.05) is 6.92 Å². The van der Waals surface area contributed by atoms with Crippen molar-refractivity contribution in [2.24, 2.45) is 0 Å². The molecule has 0 spiro atoms. The Morgan fingerprint density at radius 3 is 2.88 bits per heavy atom. The highest BCUT2D eigenvalue weighted by atomic mass is 32.1. The predicted octanol–water partition coefficient (Wildman–Crippen LogP) is 1.87. The third-order valence-corrected chi connectivity index (χ3v) is 3.53. The normalized spacial score (nSPS) is 10.9. The van der Waals surface area contributed by atoms with Gasteiger partial charge in [0.1, 0.15) is 10.4 Å². The molecule has 0 atom stereocenters. The van der Waals surface area contributed by atoms with Gasteiger partial charge in [-0.2, -0.15) is 4.37 Å². The maximum atomic E-state index is 12.0. The van der Waals surface area contributed by atoms with Crippen molar-refractivity contribution in [3.63, 3.8) is 0 Å². The van der Waals surface area contributed by atoms with E-state index in [1.54, 1.807) is 11.5 Å². The molecule has 0 aliphatic rings. The van der Waals surface area contributed by atoms with Gasteiger partial charge >= 0.3 is 5.97 Å². The highest BCUT2D eigenvalue weighted by molar-refractivity contribution is 7.13. The lowest BCUT2D eigenvalue weighted by molar-refractivity contribution is 0.0695. The Bertz CT molecular complexity index is 642. The van der Waals surface area contributed by atoms with Gasteiger partial charge < -0.3 is 9.67 Å². The largest absolute Gasteiger partial charge is 0.477 e. The highest BCUT2D eigenvalue weighted by Gasteiger charge is 2.17.